The Morgan fingerprint density at radius 1 is 1.06 bits per heavy atom. The van der Waals surface area contributed by atoms with Crippen LogP contribution in [0.5, 0.6) is 0 Å². The first-order valence-electron chi connectivity index (χ1n) is 9.63. The number of rotatable bonds is 3. The van der Waals surface area contributed by atoms with Crippen LogP contribution in [0.3, 0.4) is 0 Å². The molecule has 164 valence electrons. The van der Waals surface area contributed by atoms with Crippen LogP contribution in [0, 0.1) is 0 Å². The number of benzene rings is 1. The first-order chi connectivity index (χ1) is 15.4. The minimum absolute atomic E-state index is 0.0270. The van der Waals surface area contributed by atoms with Gasteiger partial charge in [-0.15, -0.1) is 11.3 Å². The molecule has 0 saturated carbocycles. The number of hydrogen-bond acceptors (Lipinski definition) is 8. The lowest BCUT2D eigenvalue weighted by Gasteiger charge is -2.35. The normalized spacial score (nSPS) is 14.8. The van der Waals surface area contributed by atoms with Gasteiger partial charge >= 0.3 is 12.1 Å². The highest BCUT2D eigenvalue weighted by molar-refractivity contribution is 7.16. The average molecular weight is 460 g/mol. The Bertz CT molecular complexity index is 1260. The summed E-state index contributed by atoms with van der Waals surface area (Å²) < 4.78 is 43.1. The molecule has 1 amide bonds. The molecule has 1 aliphatic rings. The Hall–Kier alpha value is -3.54. The van der Waals surface area contributed by atoms with Crippen molar-refractivity contribution in [1.82, 2.24) is 25.0 Å². The van der Waals surface area contributed by atoms with E-state index in [0.29, 0.717) is 43.1 Å². The van der Waals surface area contributed by atoms with Gasteiger partial charge in [0.1, 0.15) is 5.82 Å². The van der Waals surface area contributed by atoms with E-state index in [9.17, 15) is 18.0 Å². The van der Waals surface area contributed by atoms with E-state index in [-0.39, 0.29) is 11.7 Å². The number of carbonyl (C=O) groups is 1. The number of nitrogens with zero attached hydrogens (tertiary/aromatic N) is 6. The molecule has 1 aliphatic heterocycles. The number of piperazine rings is 1. The van der Waals surface area contributed by atoms with E-state index in [1.807, 2.05) is 17.0 Å². The average Bonchev–Trinajstić information content (AvgIpc) is 3.48. The van der Waals surface area contributed by atoms with E-state index in [1.54, 1.807) is 28.6 Å². The van der Waals surface area contributed by atoms with Gasteiger partial charge in [-0.1, -0.05) is 5.16 Å². The lowest BCUT2D eigenvalue weighted by atomic mass is 10.1. The molecular weight excluding hydrogens is 445 g/mol. The zero-order valence-corrected chi connectivity index (χ0v) is 17.2. The van der Waals surface area contributed by atoms with E-state index in [4.69, 9.17) is 0 Å². The summed E-state index contributed by atoms with van der Waals surface area (Å²) in [5.41, 5.74) is 3.58. The number of halogens is 3. The van der Waals surface area contributed by atoms with Crippen LogP contribution in [0.25, 0.3) is 21.6 Å². The Morgan fingerprint density at radius 2 is 1.88 bits per heavy atom. The second kappa shape index (κ2) is 7.86. The molecule has 3 aromatic heterocycles. The number of carbonyl (C=O) groups excluding carboxylic acids is 1. The number of anilines is 1. The largest absolute Gasteiger partial charge is 0.471 e. The number of pyridine rings is 1. The van der Waals surface area contributed by atoms with Gasteiger partial charge in [0, 0.05) is 43.5 Å². The SMILES string of the molecule is O=C(c1ccc2ncsc2c1)N1CCN(c2ccc(-c3noc(C(F)(F)F)n3)cn2)CC1. The summed E-state index contributed by atoms with van der Waals surface area (Å²) >= 11 is 1.50. The molecule has 1 fully saturated rings. The Labute approximate surface area is 183 Å². The number of alkyl halides is 3. The summed E-state index contributed by atoms with van der Waals surface area (Å²) in [6, 6.07) is 8.79. The van der Waals surface area contributed by atoms with Gasteiger partial charge in [-0.2, -0.15) is 18.2 Å². The summed E-state index contributed by atoms with van der Waals surface area (Å²) in [5.74, 6) is -0.941. The standard InChI is InChI=1S/C20H15F3N6O2S/c21-20(22,23)19-26-17(27-31-19)13-2-4-16(24-10-13)28-5-7-29(8-6-28)18(30)12-1-3-14-15(9-12)32-11-25-14/h1-4,9-11H,5-8H2. The maximum Gasteiger partial charge on any atom is 0.471 e. The molecule has 0 radical (unpaired) electrons. The topological polar surface area (TPSA) is 88.3 Å². The molecule has 0 N–H and O–H groups in total. The highest BCUT2D eigenvalue weighted by Crippen LogP contribution is 2.29. The van der Waals surface area contributed by atoms with Crippen molar-refractivity contribution < 1.29 is 22.5 Å². The van der Waals surface area contributed by atoms with Crippen molar-refractivity contribution in [2.75, 3.05) is 31.1 Å². The van der Waals surface area contributed by atoms with E-state index in [2.05, 4.69) is 24.6 Å². The molecule has 4 aromatic rings. The summed E-state index contributed by atoms with van der Waals surface area (Å²) in [6.45, 7) is 2.23. The Morgan fingerprint density at radius 3 is 2.56 bits per heavy atom. The minimum atomic E-state index is -4.69. The minimum Gasteiger partial charge on any atom is -0.353 e. The number of amides is 1. The van der Waals surface area contributed by atoms with Crippen LogP contribution in [-0.2, 0) is 6.18 Å². The van der Waals surface area contributed by atoms with E-state index >= 15 is 0 Å². The highest BCUT2D eigenvalue weighted by Gasteiger charge is 2.38. The predicted octanol–water partition coefficient (Wildman–Crippen LogP) is 3.72. The van der Waals surface area contributed by atoms with Crippen LogP contribution in [0.1, 0.15) is 16.2 Å². The van der Waals surface area contributed by atoms with E-state index < -0.39 is 12.1 Å². The number of thiazole rings is 1. The molecule has 0 bridgehead atoms. The molecule has 0 atom stereocenters. The molecule has 0 aliphatic carbocycles. The van der Waals surface area contributed by atoms with Gasteiger partial charge in [-0.25, -0.2) is 9.97 Å². The summed E-state index contributed by atoms with van der Waals surface area (Å²) in [5, 5.41) is 3.36. The molecule has 1 aromatic carbocycles. The fourth-order valence-corrected chi connectivity index (χ4v) is 4.19. The van der Waals surface area contributed by atoms with Gasteiger partial charge in [0.15, 0.2) is 0 Å². The van der Waals surface area contributed by atoms with Crippen LogP contribution < -0.4 is 4.90 Å². The van der Waals surface area contributed by atoms with Crippen molar-refractivity contribution in [2.45, 2.75) is 6.18 Å². The van der Waals surface area contributed by atoms with Gasteiger partial charge in [0.25, 0.3) is 5.91 Å². The van der Waals surface area contributed by atoms with E-state index in [0.717, 1.165) is 10.2 Å². The van der Waals surface area contributed by atoms with Crippen LogP contribution in [0.4, 0.5) is 19.0 Å². The number of aromatic nitrogens is 4. The van der Waals surface area contributed by atoms with Gasteiger partial charge in [0.05, 0.1) is 15.7 Å². The summed E-state index contributed by atoms with van der Waals surface area (Å²) in [6.07, 6.45) is -3.29. The first kappa shape index (κ1) is 20.4. The predicted molar refractivity (Wildman–Crippen MR) is 110 cm³/mol. The third-order valence-electron chi connectivity index (χ3n) is 5.14. The van der Waals surface area contributed by atoms with Crippen molar-refractivity contribution in [2.24, 2.45) is 0 Å². The maximum absolute atomic E-state index is 12.9. The second-order valence-electron chi connectivity index (χ2n) is 7.14. The smallest absolute Gasteiger partial charge is 0.353 e. The molecular formula is C20H15F3N6O2S. The first-order valence-corrected chi connectivity index (χ1v) is 10.5. The second-order valence-corrected chi connectivity index (χ2v) is 8.03. The fourth-order valence-electron chi connectivity index (χ4n) is 3.47. The van der Waals surface area contributed by atoms with Crippen molar-refractivity contribution in [3.8, 4) is 11.4 Å². The zero-order chi connectivity index (χ0) is 22.3. The zero-order valence-electron chi connectivity index (χ0n) is 16.4. The van der Waals surface area contributed by atoms with Gasteiger partial charge in [-0.3, -0.25) is 4.79 Å². The quantitative estimate of drug-likeness (QED) is 0.460. The fraction of sp³-hybridized carbons (Fsp3) is 0.250. The third kappa shape index (κ3) is 3.88. The highest BCUT2D eigenvalue weighted by atomic mass is 32.1. The van der Waals surface area contributed by atoms with Gasteiger partial charge in [0.2, 0.25) is 5.82 Å². The summed E-state index contributed by atoms with van der Waals surface area (Å²) in [4.78, 5) is 28.6. The molecule has 1 saturated heterocycles. The molecule has 4 heterocycles. The van der Waals surface area contributed by atoms with Crippen LogP contribution in [0.2, 0.25) is 0 Å². The van der Waals surface area contributed by atoms with Crippen LogP contribution in [-0.4, -0.2) is 57.1 Å². The Kier molecular flexibility index (Phi) is 5.00. The molecule has 12 heteroatoms. The number of hydrogen-bond donors (Lipinski definition) is 0. The van der Waals surface area contributed by atoms with Crippen molar-refractivity contribution in [3.05, 3.63) is 53.5 Å². The molecule has 0 spiro atoms. The van der Waals surface area contributed by atoms with Gasteiger partial charge < -0.3 is 14.3 Å². The van der Waals surface area contributed by atoms with Crippen molar-refractivity contribution in [1.29, 1.82) is 0 Å². The maximum atomic E-state index is 12.9. The van der Waals surface area contributed by atoms with Crippen LogP contribution >= 0.6 is 11.3 Å². The lowest BCUT2D eigenvalue weighted by Crippen LogP contribution is -2.49. The monoisotopic (exact) mass is 460 g/mol. The number of fused-ring (bicyclic) bond motifs is 1. The molecule has 8 nitrogen and oxygen atoms in total. The lowest BCUT2D eigenvalue weighted by molar-refractivity contribution is -0.159. The van der Waals surface area contributed by atoms with Crippen molar-refractivity contribution in [3.63, 3.8) is 0 Å². The Balaban J connectivity index is 1.23. The van der Waals surface area contributed by atoms with Crippen molar-refractivity contribution >= 4 is 33.3 Å². The third-order valence-corrected chi connectivity index (χ3v) is 5.94. The summed E-state index contributed by atoms with van der Waals surface area (Å²) in [7, 11) is 0. The van der Waals surface area contributed by atoms with E-state index in [1.165, 1.54) is 17.5 Å². The van der Waals surface area contributed by atoms with Crippen LogP contribution in [0.15, 0.2) is 46.6 Å². The molecule has 0 unspecified atom stereocenters. The van der Waals surface area contributed by atoms with Gasteiger partial charge in [-0.05, 0) is 30.3 Å². The molecule has 32 heavy (non-hydrogen) atoms. The molecule has 5 rings (SSSR count).